The summed E-state index contributed by atoms with van der Waals surface area (Å²) in [5, 5.41) is 3.90. The van der Waals surface area contributed by atoms with Crippen LogP contribution in [0.1, 0.15) is 5.56 Å². The molecule has 1 amide bonds. The van der Waals surface area contributed by atoms with Gasteiger partial charge in [-0.2, -0.15) is 0 Å². The Bertz CT molecular complexity index is 706. The quantitative estimate of drug-likeness (QED) is 0.750. The summed E-state index contributed by atoms with van der Waals surface area (Å²) >= 11 is 0. The molecular weight excluding hydrogens is 240 g/mol. The molecular formula is C14H12N4O. The smallest absolute Gasteiger partial charge is 0.228 e. The van der Waals surface area contributed by atoms with Gasteiger partial charge < -0.3 is 10.3 Å². The number of aromatic amines is 1. The van der Waals surface area contributed by atoms with Crippen molar-refractivity contribution in [3.8, 4) is 0 Å². The molecule has 3 aromatic rings. The summed E-state index contributed by atoms with van der Waals surface area (Å²) in [4.78, 5) is 22.7. The minimum atomic E-state index is -0.0827. The van der Waals surface area contributed by atoms with Crippen LogP contribution in [0.5, 0.6) is 0 Å². The van der Waals surface area contributed by atoms with Gasteiger partial charge in [0.2, 0.25) is 5.91 Å². The van der Waals surface area contributed by atoms with E-state index in [4.69, 9.17) is 0 Å². The second-order valence-corrected chi connectivity index (χ2v) is 4.25. The average Bonchev–Trinajstić information content (AvgIpc) is 2.87. The third kappa shape index (κ3) is 2.60. The Morgan fingerprint density at radius 1 is 1.21 bits per heavy atom. The van der Waals surface area contributed by atoms with Crippen LogP contribution in [-0.2, 0) is 11.2 Å². The van der Waals surface area contributed by atoms with E-state index in [9.17, 15) is 4.79 Å². The molecule has 0 aliphatic rings. The van der Waals surface area contributed by atoms with Crippen molar-refractivity contribution in [1.29, 1.82) is 0 Å². The molecule has 94 valence electrons. The maximum Gasteiger partial charge on any atom is 0.228 e. The number of nitrogens with one attached hydrogen (secondary N) is 2. The summed E-state index contributed by atoms with van der Waals surface area (Å²) in [7, 11) is 0. The van der Waals surface area contributed by atoms with Gasteiger partial charge in [-0.15, -0.1) is 0 Å². The first-order chi connectivity index (χ1) is 9.31. The molecule has 0 atom stereocenters. The zero-order valence-electron chi connectivity index (χ0n) is 10.1. The van der Waals surface area contributed by atoms with Crippen molar-refractivity contribution in [3.63, 3.8) is 0 Å². The molecule has 1 aromatic carbocycles. The number of carbonyl (C=O) groups excluding carboxylic acids is 1. The SMILES string of the molecule is O=C(Cc1ccc2cc[nH]c2c1)Nc1cncnc1. The summed E-state index contributed by atoms with van der Waals surface area (Å²) in [6.45, 7) is 0. The lowest BCUT2D eigenvalue weighted by molar-refractivity contribution is -0.115. The van der Waals surface area contributed by atoms with Crippen molar-refractivity contribution in [2.75, 3.05) is 5.32 Å². The molecule has 0 radical (unpaired) electrons. The summed E-state index contributed by atoms with van der Waals surface area (Å²) in [5.74, 6) is -0.0827. The number of aromatic nitrogens is 3. The Balaban J connectivity index is 1.72. The van der Waals surface area contributed by atoms with Gasteiger partial charge >= 0.3 is 0 Å². The van der Waals surface area contributed by atoms with Crippen molar-refractivity contribution < 1.29 is 4.79 Å². The van der Waals surface area contributed by atoms with E-state index in [0.29, 0.717) is 12.1 Å². The van der Waals surface area contributed by atoms with E-state index in [0.717, 1.165) is 16.5 Å². The van der Waals surface area contributed by atoms with E-state index in [1.54, 1.807) is 12.4 Å². The number of H-pyrrole nitrogens is 1. The molecule has 3 rings (SSSR count). The standard InChI is InChI=1S/C14H12N4O/c19-14(18-12-7-15-9-16-8-12)6-10-1-2-11-3-4-17-13(11)5-10/h1-5,7-9,17H,6H2,(H,18,19). The monoisotopic (exact) mass is 252 g/mol. The molecule has 2 heterocycles. The number of rotatable bonds is 3. The maximum absolute atomic E-state index is 11.9. The molecule has 0 aliphatic heterocycles. The van der Waals surface area contributed by atoms with E-state index < -0.39 is 0 Å². The van der Waals surface area contributed by atoms with E-state index in [-0.39, 0.29) is 5.91 Å². The van der Waals surface area contributed by atoms with Gasteiger partial charge in [0.1, 0.15) is 6.33 Å². The second kappa shape index (κ2) is 4.89. The van der Waals surface area contributed by atoms with Gasteiger partial charge in [-0.3, -0.25) is 4.79 Å². The van der Waals surface area contributed by atoms with Crippen molar-refractivity contribution in [2.24, 2.45) is 0 Å². The summed E-state index contributed by atoms with van der Waals surface area (Å²) in [5.41, 5.74) is 2.60. The Labute approximate surface area is 109 Å². The summed E-state index contributed by atoms with van der Waals surface area (Å²) < 4.78 is 0. The van der Waals surface area contributed by atoms with Crippen molar-refractivity contribution in [1.82, 2.24) is 15.0 Å². The van der Waals surface area contributed by atoms with Crippen LogP contribution in [0, 0.1) is 0 Å². The molecule has 0 saturated carbocycles. The molecule has 0 unspecified atom stereocenters. The fraction of sp³-hybridized carbons (Fsp3) is 0.0714. The van der Waals surface area contributed by atoms with Crippen LogP contribution in [-0.4, -0.2) is 20.9 Å². The van der Waals surface area contributed by atoms with E-state index in [1.807, 2.05) is 30.5 Å². The van der Waals surface area contributed by atoms with Crippen LogP contribution < -0.4 is 5.32 Å². The highest BCUT2D eigenvalue weighted by Gasteiger charge is 2.05. The molecule has 0 spiro atoms. The third-order valence-electron chi connectivity index (χ3n) is 2.83. The van der Waals surface area contributed by atoms with Crippen molar-refractivity contribution in [3.05, 3.63) is 54.7 Å². The highest BCUT2D eigenvalue weighted by Crippen LogP contribution is 2.15. The molecule has 2 N–H and O–H groups in total. The fourth-order valence-corrected chi connectivity index (χ4v) is 1.96. The number of amides is 1. The van der Waals surface area contributed by atoms with Gasteiger partial charge in [-0.1, -0.05) is 12.1 Å². The van der Waals surface area contributed by atoms with Crippen LogP contribution in [0.3, 0.4) is 0 Å². The number of hydrogen-bond donors (Lipinski definition) is 2. The second-order valence-electron chi connectivity index (χ2n) is 4.25. The van der Waals surface area contributed by atoms with Crippen LogP contribution in [0.25, 0.3) is 10.9 Å². The molecule has 0 bridgehead atoms. The van der Waals surface area contributed by atoms with Gasteiger partial charge in [-0.25, -0.2) is 9.97 Å². The van der Waals surface area contributed by atoms with E-state index in [1.165, 1.54) is 6.33 Å². The lowest BCUT2D eigenvalue weighted by atomic mass is 10.1. The van der Waals surface area contributed by atoms with Gasteiger partial charge in [0.15, 0.2) is 0 Å². The van der Waals surface area contributed by atoms with Crippen LogP contribution >= 0.6 is 0 Å². The maximum atomic E-state index is 11.9. The minimum Gasteiger partial charge on any atom is -0.361 e. The molecule has 0 aliphatic carbocycles. The molecule has 2 aromatic heterocycles. The van der Waals surface area contributed by atoms with Gasteiger partial charge in [0.25, 0.3) is 0 Å². The lowest BCUT2D eigenvalue weighted by Crippen LogP contribution is -2.14. The van der Waals surface area contributed by atoms with Gasteiger partial charge in [0, 0.05) is 11.7 Å². The molecule has 0 saturated heterocycles. The Morgan fingerprint density at radius 2 is 2.05 bits per heavy atom. The molecule has 0 fully saturated rings. The molecule has 5 heteroatoms. The van der Waals surface area contributed by atoms with Crippen LogP contribution in [0.15, 0.2) is 49.2 Å². The highest BCUT2D eigenvalue weighted by molar-refractivity contribution is 5.92. The number of fused-ring (bicyclic) bond motifs is 1. The third-order valence-corrected chi connectivity index (χ3v) is 2.83. The minimum absolute atomic E-state index is 0.0827. The Morgan fingerprint density at radius 3 is 2.89 bits per heavy atom. The van der Waals surface area contributed by atoms with Gasteiger partial charge in [0.05, 0.1) is 24.5 Å². The van der Waals surface area contributed by atoms with E-state index >= 15 is 0 Å². The molecule has 19 heavy (non-hydrogen) atoms. The largest absolute Gasteiger partial charge is 0.361 e. The number of benzene rings is 1. The number of carbonyl (C=O) groups is 1. The predicted molar refractivity (Wildman–Crippen MR) is 72.7 cm³/mol. The number of anilines is 1. The topological polar surface area (TPSA) is 70.7 Å². The van der Waals surface area contributed by atoms with Crippen LogP contribution in [0.2, 0.25) is 0 Å². The average molecular weight is 252 g/mol. The van der Waals surface area contributed by atoms with Crippen LogP contribution in [0.4, 0.5) is 5.69 Å². The predicted octanol–water partition coefficient (Wildman–Crippen LogP) is 2.14. The highest BCUT2D eigenvalue weighted by atomic mass is 16.1. The number of nitrogens with zero attached hydrogens (tertiary/aromatic N) is 2. The zero-order valence-corrected chi connectivity index (χ0v) is 10.1. The summed E-state index contributed by atoms with van der Waals surface area (Å²) in [6, 6.07) is 7.94. The van der Waals surface area contributed by atoms with Crippen molar-refractivity contribution in [2.45, 2.75) is 6.42 Å². The first-order valence-electron chi connectivity index (χ1n) is 5.92. The number of hydrogen-bond acceptors (Lipinski definition) is 3. The van der Waals surface area contributed by atoms with Crippen molar-refractivity contribution >= 4 is 22.5 Å². The lowest BCUT2D eigenvalue weighted by Gasteiger charge is -2.04. The molecule has 5 nitrogen and oxygen atoms in total. The zero-order chi connectivity index (χ0) is 13.1. The fourth-order valence-electron chi connectivity index (χ4n) is 1.96. The van der Waals surface area contributed by atoms with Gasteiger partial charge in [-0.05, 0) is 23.1 Å². The first kappa shape index (κ1) is 11.4. The Kier molecular flexibility index (Phi) is 2.94. The normalized spacial score (nSPS) is 10.5. The Hall–Kier alpha value is -2.69. The van der Waals surface area contributed by atoms with E-state index in [2.05, 4.69) is 20.3 Å². The first-order valence-corrected chi connectivity index (χ1v) is 5.92. The summed E-state index contributed by atoms with van der Waals surface area (Å²) in [6.07, 6.45) is 6.77.